The lowest BCUT2D eigenvalue weighted by atomic mass is 9.96. The van der Waals surface area contributed by atoms with Gasteiger partial charge in [-0.05, 0) is 56.8 Å². The molecule has 1 heterocycles. The van der Waals surface area contributed by atoms with Gasteiger partial charge < -0.3 is 79.6 Å². The number of carbonyl (C=O) groups excluding carboxylic acids is 10. The summed E-state index contributed by atoms with van der Waals surface area (Å²) < 4.78 is 0. The predicted octanol–water partition coefficient (Wildman–Crippen LogP) is -3.71. The van der Waals surface area contributed by atoms with Gasteiger partial charge in [-0.15, -0.1) is 0 Å². The molecule has 422 valence electrons. The van der Waals surface area contributed by atoms with Gasteiger partial charge in [0.1, 0.15) is 54.4 Å². The Morgan fingerprint density at radius 2 is 1.00 bits per heavy atom. The van der Waals surface area contributed by atoms with Gasteiger partial charge in [-0.1, -0.05) is 61.8 Å². The molecule has 0 saturated carbocycles. The number of hydrogen-bond donors (Lipinski definition) is 15. The summed E-state index contributed by atoms with van der Waals surface area (Å²) in [5.41, 5.74) is 11.8. The average molecular weight is 1070 g/mol. The van der Waals surface area contributed by atoms with E-state index in [0.29, 0.717) is 12.1 Å². The van der Waals surface area contributed by atoms with Crippen molar-refractivity contribution in [3.8, 4) is 0 Å². The highest BCUT2D eigenvalue weighted by Crippen LogP contribution is 2.13. The van der Waals surface area contributed by atoms with Crippen molar-refractivity contribution in [2.24, 2.45) is 35.1 Å². The van der Waals surface area contributed by atoms with Gasteiger partial charge >= 0.3 is 11.9 Å². The van der Waals surface area contributed by atoms with E-state index in [1.165, 1.54) is 26.4 Å². The van der Waals surface area contributed by atoms with E-state index in [1.54, 1.807) is 55.4 Å². The van der Waals surface area contributed by atoms with Crippen molar-refractivity contribution in [1.29, 1.82) is 0 Å². The van der Waals surface area contributed by atoms with E-state index in [-0.39, 0.29) is 25.2 Å². The van der Waals surface area contributed by atoms with Crippen molar-refractivity contribution in [3.63, 3.8) is 0 Å². The molecule has 11 atom stereocenters. The fraction of sp³-hybridized carbons (Fsp3) is 0.681. The molecule has 0 unspecified atom stereocenters. The summed E-state index contributed by atoms with van der Waals surface area (Å²) >= 11 is 0. The minimum Gasteiger partial charge on any atom is -0.481 e. The molecular weight excluding hydrogens is 987 g/mol. The maximum absolute atomic E-state index is 13.9. The van der Waals surface area contributed by atoms with Crippen LogP contribution >= 0.6 is 0 Å². The van der Waals surface area contributed by atoms with Crippen LogP contribution in [0.2, 0.25) is 0 Å². The number of aliphatic hydroxyl groups excluding tert-OH is 1. The molecule has 28 nitrogen and oxygen atoms in total. The number of carboxylic acid groups (broad SMARTS) is 2. The van der Waals surface area contributed by atoms with Gasteiger partial charge in [0.05, 0.1) is 19.0 Å². The third kappa shape index (κ3) is 23.2. The summed E-state index contributed by atoms with van der Waals surface area (Å²) in [5.74, 6) is -13.4. The van der Waals surface area contributed by atoms with E-state index in [0.717, 1.165) is 0 Å². The topological polar surface area (TPSA) is 455 Å². The molecule has 1 rings (SSSR count). The van der Waals surface area contributed by atoms with Crippen LogP contribution in [0.15, 0.2) is 12.5 Å². The van der Waals surface area contributed by atoms with Crippen molar-refractivity contribution >= 4 is 71.0 Å². The monoisotopic (exact) mass is 1070 g/mol. The van der Waals surface area contributed by atoms with Crippen LogP contribution < -0.4 is 59.3 Å². The van der Waals surface area contributed by atoms with Crippen LogP contribution in [0.4, 0.5) is 0 Å². The minimum absolute atomic E-state index is 0.00306. The zero-order valence-electron chi connectivity index (χ0n) is 44.2. The summed E-state index contributed by atoms with van der Waals surface area (Å²) in [7, 11) is 0. The van der Waals surface area contributed by atoms with Crippen LogP contribution in [0.5, 0.6) is 0 Å². The Hall–Kier alpha value is -7.23. The highest BCUT2D eigenvalue weighted by molar-refractivity contribution is 5.98. The van der Waals surface area contributed by atoms with Crippen LogP contribution in [0, 0.1) is 23.7 Å². The summed E-state index contributed by atoms with van der Waals surface area (Å²) in [6.07, 6.45) is 1.43. The molecule has 17 N–H and O–H groups in total. The number of carboxylic acids is 2. The van der Waals surface area contributed by atoms with Crippen molar-refractivity contribution < 1.29 is 72.9 Å². The molecule has 1 aromatic rings. The van der Waals surface area contributed by atoms with Crippen LogP contribution in [-0.2, 0) is 64.0 Å². The van der Waals surface area contributed by atoms with E-state index >= 15 is 0 Å². The average Bonchev–Trinajstić information content (AvgIpc) is 3.84. The Morgan fingerprint density at radius 1 is 0.560 bits per heavy atom. The standard InChI is InChI=1S/C47H79N13O15/c1-11-24(8)37(46(73)55-30(47(74)75)13-15-34(63)64)60-41(68)29(12-14-33(49)62)54-42(69)31(16-21(2)3)56-38(65)25(9)53-44(71)35(22(4)5)59-45(72)36(23(6)7)58-39(66)26(10)52-43(70)32(19-61)57-40(67)28(48)17-27-18-50-20-51-27/h18,20-26,28-32,35-37,61H,11-17,19,48H2,1-10H3,(H2,49,62)(H,50,51)(H,52,70)(H,53,71)(H,54,69)(H,55,73)(H,56,65)(H,57,67)(H,58,66)(H,59,72)(H,60,68)(H,63,64)(H,74,75)/t24-,25-,26-,28-,29-,30-,31-,32-,35-,36-,37-/m0/s1. The second-order valence-electron chi connectivity index (χ2n) is 19.5. The smallest absolute Gasteiger partial charge is 0.326 e. The number of aromatic nitrogens is 2. The van der Waals surface area contributed by atoms with Crippen LogP contribution in [0.25, 0.3) is 0 Å². The molecule has 0 spiro atoms. The number of aliphatic carboxylic acids is 2. The van der Waals surface area contributed by atoms with Crippen LogP contribution in [0.1, 0.15) is 113 Å². The van der Waals surface area contributed by atoms with Crippen molar-refractivity contribution in [1.82, 2.24) is 57.8 Å². The molecule has 28 heteroatoms. The van der Waals surface area contributed by atoms with Crippen LogP contribution in [-0.4, -0.2) is 163 Å². The quantitative estimate of drug-likeness (QED) is 0.0316. The Labute approximate surface area is 435 Å². The Morgan fingerprint density at radius 3 is 1.48 bits per heavy atom. The third-order valence-corrected chi connectivity index (χ3v) is 11.9. The second-order valence-corrected chi connectivity index (χ2v) is 19.5. The van der Waals surface area contributed by atoms with Crippen molar-refractivity contribution in [2.75, 3.05) is 6.61 Å². The second kappa shape index (κ2) is 32.2. The number of hydrogen-bond acceptors (Lipinski definition) is 15. The SMILES string of the molecule is CC[C@H](C)[C@H](NC(=O)[C@H](CCC(N)=O)NC(=O)[C@H](CC(C)C)NC(=O)[C@H](C)NC(=O)[C@@H](NC(=O)[C@@H](NC(=O)[C@H](C)NC(=O)[C@H](CO)NC(=O)[C@@H](N)Cc1cnc[nH]1)C(C)C)C(C)C)C(=O)N[C@@H](CCC(=O)O)C(=O)O. The number of nitrogens with zero attached hydrogens (tertiary/aromatic N) is 1. The van der Waals surface area contributed by atoms with E-state index < -0.39 is 175 Å². The van der Waals surface area contributed by atoms with Crippen molar-refractivity contribution in [3.05, 3.63) is 18.2 Å². The normalized spacial score (nSPS) is 15.7. The van der Waals surface area contributed by atoms with Gasteiger partial charge in [0.15, 0.2) is 0 Å². The third-order valence-electron chi connectivity index (χ3n) is 11.9. The number of carbonyl (C=O) groups is 12. The fourth-order valence-electron chi connectivity index (χ4n) is 7.11. The number of nitrogens with one attached hydrogen (secondary N) is 10. The molecule has 0 saturated heterocycles. The molecule has 0 fully saturated rings. The molecule has 0 aliphatic rings. The van der Waals surface area contributed by atoms with Gasteiger partial charge in [0, 0.05) is 31.2 Å². The number of aliphatic hydroxyl groups is 1. The highest BCUT2D eigenvalue weighted by Gasteiger charge is 2.37. The molecule has 0 aliphatic carbocycles. The Balaban J connectivity index is 3.15. The molecule has 10 amide bonds. The molecule has 0 radical (unpaired) electrons. The summed E-state index contributed by atoms with van der Waals surface area (Å²) in [4.78, 5) is 162. The van der Waals surface area contributed by atoms with E-state index in [1.807, 2.05) is 0 Å². The molecule has 0 bridgehead atoms. The first-order valence-corrected chi connectivity index (χ1v) is 24.7. The number of amides is 10. The zero-order chi connectivity index (χ0) is 57.4. The molecule has 0 aromatic carbocycles. The highest BCUT2D eigenvalue weighted by atomic mass is 16.4. The number of nitrogens with two attached hydrogens (primary N) is 2. The number of imidazole rings is 1. The van der Waals surface area contributed by atoms with E-state index in [9.17, 15) is 67.7 Å². The molecule has 75 heavy (non-hydrogen) atoms. The number of rotatable bonds is 34. The van der Waals surface area contributed by atoms with Crippen molar-refractivity contribution in [2.45, 2.75) is 175 Å². The maximum Gasteiger partial charge on any atom is 0.326 e. The van der Waals surface area contributed by atoms with Gasteiger partial charge in [-0.25, -0.2) is 9.78 Å². The van der Waals surface area contributed by atoms with E-state index in [2.05, 4.69) is 57.8 Å². The maximum atomic E-state index is 13.9. The molecule has 1 aromatic heterocycles. The first-order chi connectivity index (χ1) is 34.9. The van der Waals surface area contributed by atoms with Gasteiger partial charge in [-0.2, -0.15) is 0 Å². The lowest BCUT2D eigenvalue weighted by Crippen LogP contribution is -2.61. The van der Waals surface area contributed by atoms with Crippen LogP contribution in [0.3, 0.4) is 0 Å². The lowest BCUT2D eigenvalue weighted by molar-refractivity contribution is -0.144. The number of H-pyrrole nitrogens is 1. The fourth-order valence-corrected chi connectivity index (χ4v) is 7.11. The molecule has 0 aliphatic heterocycles. The summed E-state index contributed by atoms with van der Waals surface area (Å²) in [5, 5.41) is 50.7. The predicted molar refractivity (Wildman–Crippen MR) is 268 cm³/mol. The largest absolute Gasteiger partial charge is 0.481 e. The van der Waals surface area contributed by atoms with Gasteiger partial charge in [0.25, 0.3) is 0 Å². The Bertz CT molecular complexity index is 2140. The van der Waals surface area contributed by atoms with Gasteiger partial charge in [0.2, 0.25) is 59.1 Å². The minimum atomic E-state index is -1.61. The first kappa shape index (κ1) is 65.8. The van der Waals surface area contributed by atoms with Gasteiger partial charge in [-0.3, -0.25) is 52.7 Å². The first-order valence-electron chi connectivity index (χ1n) is 24.7. The summed E-state index contributed by atoms with van der Waals surface area (Å²) in [6.45, 7) is 15.0. The number of primary amides is 1. The van der Waals surface area contributed by atoms with E-state index in [4.69, 9.17) is 16.6 Å². The zero-order valence-corrected chi connectivity index (χ0v) is 44.2. The lowest BCUT2D eigenvalue weighted by Gasteiger charge is -2.29. The summed E-state index contributed by atoms with van der Waals surface area (Å²) in [6, 6.07) is -13.6. The Kier molecular flexibility index (Phi) is 28.2. The number of aromatic amines is 1. The molecular formula is C47H79N13O15.